The van der Waals surface area contributed by atoms with Crippen LogP contribution in [-0.2, 0) is 0 Å². The largest absolute Gasteiger partial charge is 0.348 e. The molecule has 5 aromatic rings. The summed E-state index contributed by atoms with van der Waals surface area (Å²) in [6, 6.07) is 21.9. The SMILES string of the molecule is O=C(N[C@H]1CC[C@H](c2n[nH]c(=O)c3ccccc32)CC1)c1cnc2cc(-c3ccccc3)ccn12. The molecule has 1 fully saturated rings. The molecule has 0 saturated heterocycles. The highest BCUT2D eigenvalue weighted by atomic mass is 16.2. The van der Waals surface area contributed by atoms with Crippen LogP contribution in [0.1, 0.15) is 47.8 Å². The summed E-state index contributed by atoms with van der Waals surface area (Å²) in [5.41, 5.74) is 4.25. The lowest BCUT2D eigenvalue weighted by Gasteiger charge is -2.29. The molecule has 7 nitrogen and oxygen atoms in total. The number of nitrogens with zero attached hydrogens (tertiary/aromatic N) is 3. The van der Waals surface area contributed by atoms with Gasteiger partial charge < -0.3 is 5.32 Å². The fourth-order valence-electron chi connectivity index (χ4n) is 5.18. The normalized spacial score (nSPS) is 18.1. The van der Waals surface area contributed by atoms with Gasteiger partial charge in [0.1, 0.15) is 11.3 Å². The maximum atomic E-state index is 13.1. The highest BCUT2D eigenvalue weighted by molar-refractivity contribution is 5.93. The Morgan fingerprint density at radius 3 is 2.46 bits per heavy atom. The molecule has 1 amide bonds. The van der Waals surface area contributed by atoms with Crippen LogP contribution >= 0.6 is 0 Å². The van der Waals surface area contributed by atoms with Crippen molar-refractivity contribution in [2.75, 3.05) is 0 Å². The lowest BCUT2D eigenvalue weighted by molar-refractivity contribution is 0.0919. The Morgan fingerprint density at radius 1 is 0.914 bits per heavy atom. The van der Waals surface area contributed by atoms with Gasteiger partial charge in [-0.1, -0.05) is 48.5 Å². The van der Waals surface area contributed by atoms with Crippen molar-refractivity contribution in [2.45, 2.75) is 37.6 Å². The van der Waals surface area contributed by atoms with Gasteiger partial charge >= 0.3 is 0 Å². The standard InChI is InChI=1S/C28H25N5O2/c34-27-23-9-5-4-8-22(23)26(31-32-27)19-10-12-21(13-11-19)30-28(35)24-17-29-25-16-20(14-15-33(24)25)18-6-2-1-3-7-18/h1-9,14-17,19,21H,10-13H2,(H,30,35)(H,32,34)/t19-,21-. The van der Waals surface area contributed by atoms with E-state index in [-0.39, 0.29) is 23.4 Å². The molecular formula is C28H25N5O2. The molecule has 174 valence electrons. The number of pyridine rings is 1. The first-order valence-corrected chi connectivity index (χ1v) is 12.0. The van der Waals surface area contributed by atoms with Crippen LogP contribution in [-0.4, -0.2) is 31.5 Å². The molecule has 0 unspecified atom stereocenters. The van der Waals surface area contributed by atoms with Gasteiger partial charge in [0.2, 0.25) is 0 Å². The average molecular weight is 464 g/mol. The van der Waals surface area contributed by atoms with Crippen LogP contribution in [0.5, 0.6) is 0 Å². The Hall–Kier alpha value is -4.26. The number of benzene rings is 2. The van der Waals surface area contributed by atoms with Crippen molar-refractivity contribution in [3.63, 3.8) is 0 Å². The second-order valence-corrected chi connectivity index (χ2v) is 9.16. The quantitative estimate of drug-likeness (QED) is 0.404. The smallest absolute Gasteiger partial charge is 0.272 e. The molecule has 0 atom stereocenters. The van der Waals surface area contributed by atoms with Gasteiger partial charge in [-0.15, -0.1) is 0 Å². The van der Waals surface area contributed by atoms with Crippen LogP contribution in [0.25, 0.3) is 27.5 Å². The van der Waals surface area contributed by atoms with E-state index >= 15 is 0 Å². The number of aromatic amines is 1. The first-order valence-electron chi connectivity index (χ1n) is 12.0. The van der Waals surface area contributed by atoms with Crippen LogP contribution in [0.3, 0.4) is 0 Å². The van der Waals surface area contributed by atoms with Crippen LogP contribution in [0.4, 0.5) is 0 Å². The van der Waals surface area contributed by atoms with Crippen LogP contribution < -0.4 is 10.9 Å². The van der Waals surface area contributed by atoms with Crippen molar-refractivity contribution in [1.29, 1.82) is 0 Å². The molecule has 7 heteroatoms. The number of imidazole rings is 1. The van der Waals surface area contributed by atoms with E-state index < -0.39 is 0 Å². The number of aromatic nitrogens is 4. The molecule has 1 saturated carbocycles. The minimum atomic E-state index is -0.158. The number of fused-ring (bicyclic) bond motifs is 2. The molecule has 0 spiro atoms. The van der Waals surface area contributed by atoms with Crippen molar-refractivity contribution < 1.29 is 4.79 Å². The zero-order chi connectivity index (χ0) is 23.8. The Morgan fingerprint density at radius 2 is 1.66 bits per heavy atom. The monoisotopic (exact) mass is 463 g/mol. The third-order valence-electron chi connectivity index (χ3n) is 7.03. The molecule has 1 aliphatic carbocycles. The lowest BCUT2D eigenvalue weighted by Crippen LogP contribution is -2.38. The molecule has 2 aromatic carbocycles. The third kappa shape index (κ3) is 3.99. The van der Waals surface area contributed by atoms with Crippen molar-refractivity contribution in [2.24, 2.45) is 0 Å². The Balaban J connectivity index is 1.15. The summed E-state index contributed by atoms with van der Waals surface area (Å²) in [5, 5.41) is 11.8. The number of carbonyl (C=O) groups is 1. The summed E-state index contributed by atoms with van der Waals surface area (Å²) in [5.74, 6) is 0.151. The second-order valence-electron chi connectivity index (χ2n) is 9.16. The van der Waals surface area contributed by atoms with E-state index in [1.165, 1.54) is 0 Å². The molecule has 3 aromatic heterocycles. The lowest BCUT2D eigenvalue weighted by atomic mass is 9.82. The second kappa shape index (κ2) is 8.83. The summed E-state index contributed by atoms with van der Waals surface area (Å²) in [4.78, 5) is 29.7. The Kier molecular flexibility index (Phi) is 5.37. The van der Waals surface area contributed by atoms with E-state index in [0.29, 0.717) is 11.1 Å². The number of nitrogens with one attached hydrogen (secondary N) is 2. The summed E-state index contributed by atoms with van der Waals surface area (Å²) >= 11 is 0. The van der Waals surface area contributed by atoms with Gasteiger partial charge in [0, 0.05) is 23.5 Å². The maximum Gasteiger partial charge on any atom is 0.272 e. The first-order chi connectivity index (χ1) is 17.2. The number of H-pyrrole nitrogens is 1. The average Bonchev–Trinajstić information content (AvgIpc) is 3.34. The minimum Gasteiger partial charge on any atom is -0.348 e. The van der Waals surface area contributed by atoms with E-state index in [0.717, 1.165) is 53.5 Å². The highest BCUT2D eigenvalue weighted by Crippen LogP contribution is 2.34. The van der Waals surface area contributed by atoms with Crippen molar-refractivity contribution in [3.05, 3.63) is 101 Å². The van der Waals surface area contributed by atoms with Gasteiger partial charge in [-0.3, -0.25) is 14.0 Å². The molecule has 0 radical (unpaired) electrons. The predicted molar refractivity (Wildman–Crippen MR) is 135 cm³/mol. The van der Waals surface area contributed by atoms with Gasteiger partial charge in [0.15, 0.2) is 0 Å². The number of rotatable bonds is 4. The van der Waals surface area contributed by atoms with Crippen LogP contribution in [0, 0.1) is 0 Å². The fraction of sp³-hybridized carbons (Fsp3) is 0.214. The zero-order valence-corrected chi connectivity index (χ0v) is 19.1. The van der Waals surface area contributed by atoms with Crippen LogP contribution in [0.2, 0.25) is 0 Å². The Labute approximate surface area is 201 Å². The number of amides is 1. The predicted octanol–water partition coefficient (Wildman–Crippen LogP) is 4.69. The third-order valence-corrected chi connectivity index (χ3v) is 7.03. The minimum absolute atomic E-state index is 0.0990. The van der Waals surface area contributed by atoms with Gasteiger partial charge in [-0.2, -0.15) is 5.10 Å². The number of hydrogen-bond donors (Lipinski definition) is 2. The molecule has 2 N–H and O–H groups in total. The van der Waals surface area contributed by atoms with E-state index in [9.17, 15) is 9.59 Å². The maximum absolute atomic E-state index is 13.1. The molecule has 0 aliphatic heterocycles. The van der Waals surface area contributed by atoms with E-state index in [1.54, 1.807) is 6.20 Å². The summed E-state index contributed by atoms with van der Waals surface area (Å²) in [7, 11) is 0. The van der Waals surface area contributed by atoms with Crippen molar-refractivity contribution in [1.82, 2.24) is 24.9 Å². The summed E-state index contributed by atoms with van der Waals surface area (Å²) < 4.78 is 1.84. The number of carbonyl (C=O) groups excluding carboxylic acids is 1. The molecule has 6 rings (SSSR count). The molecule has 1 aliphatic rings. The van der Waals surface area contributed by atoms with Gasteiger partial charge in [-0.05, 0) is 55.0 Å². The molecule has 35 heavy (non-hydrogen) atoms. The first kappa shape index (κ1) is 21.3. The van der Waals surface area contributed by atoms with Crippen molar-refractivity contribution in [3.8, 4) is 11.1 Å². The van der Waals surface area contributed by atoms with Gasteiger partial charge in [-0.25, -0.2) is 10.1 Å². The fourth-order valence-corrected chi connectivity index (χ4v) is 5.18. The Bertz CT molecular complexity index is 1580. The zero-order valence-electron chi connectivity index (χ0n) is 19.1. The highest BCUT2D eigenvalue weighted by Gasteiger charge is 2.27. The van der Waals surface area contributed by atoms with E-state index in [4.69, 9.17) is 0 Å². The van der Waals surface area contributed by atoms with Gasteiger partial charge in [0.05, 0.1) is 17.3 Å². The van der Waals surface area contributed by atoms with E-state index in [1.807, 2.05) is 65.2 Å². The molecule has 0 bridgehead atoms. The van der Waals surface area contributed by atoms with Crippen LogP contribution in [0.15, 0.2) is 83.9 Å². The van der Waals surface area contributed by atoms with Crippen molar-refractivity contribution >= 4 is 22.3 Å². The summed E-state index contributed by atoms with van der Waals surface area (Å²) in [6.45, 7) is 0. The summed E-state index contributed by atoms with van der Waals surface area (Å²) in [6.07, 6.45) is 7.08. The molecule has 3 heterocycles. The molecular weight excluding hydrogens is 438 g/mol. The topological polar surface area (TPSA) is 92.1 Å². The number of hydrogen-bond acceptors (Lipinski definition) is 4. The van der Waals surface area contributed by atoms with E-state index in [2.05, 4.69) is 32.6 Å². The van der Waals surface area contributed by atoms with Gasteiger partial charge in [0.25, 0.3) is 11.5 Å².